The van der Waals surface area contributed by atoms with Crippen LogP contribution in [0.2, 0.25) is 0 Å². The van der Waals surface area contributed by atoms with Crippen molar-refractivity contribution in [3.63, 3.8) is 0 Å². The van der Waals surface area contributed by atoms with E-state index in [0.29, 0.717) is 12.1 Å². The Morgan fingerprint density at radius 2 is 1.50 bits per heavy atom. The summed E-state index contributed by atoms with van der Waals surface area (Å²) in [5, 5.41) is 3.01. The summed E-state index contributed by atoms with van der Waals surface area (Å²) in [5.74, 6) is 3.14. The monoisotopic (exact) mass is 353 g/mol. The van der Waals surface area contributed by atoms with Gasteiger partial charge in [0.05, 0.1) is 6.54 Å². The Hall–Kier alpha value is -1.39. The van der Waals surface area contributed by atoms with Crippen molar-refractivity contribution in [3.05, 3.63) is 30.3 Å². The molecule has 0 aromatic heterocycles. The maximum absolute atomic E-state index is 12.3. The smallest absolute Gasteiger partial charge is 0.238 e. The molecule has 4 aliphatic carbocycles. The molecule has 1 aromatic carbocycles. The van der Waals surface area contributed by atoms with Crippen molar-refractivity contribution in [2.45, 2.75) is 44.1 Å². The molecule has 0 atom stereocenters. The van der Waals surface area contributed by atoms with Crippen LogP contribution in [-0.2, 0) is 4.79 Å². The lowest BCUT2D eigenvalue weighted by atomic mass is 9.52. The van der Waals surface area contributed by atoms with E-state index in [1.807, 2.05) is 30.3 Å². The highest BCUT2D eigenvalue weighted by atomic mass is 16.2. The molecule has 140 valence electrons. The summed E-state index contributed by atoms with van der Waals surface area (Å²) in [6, 6.07) is 9.78. The van der Waals surface area contributed by atoms with Gasteiger partial charge in [-0.25, -0.2) is 0 Å². The highest BCUT2D eigenvalue weighted by molar-refractivity contribution is 5.92. The minimum absolute atomic E-state index is 0.111. The Kier molecular flexibility index (Phi) is 4.29. The quantitative estimate of drug-likeness (QED) is 0.903. The molecule has 1 saturated heterocycles. The standard InChI is InChI=1S/C22H31N3O/c26-21(23-20-4-2-1-3-5-20)16-24-6-8-25(9-7-24)22-13-17-10-18(14-22)12-19(11-17)15-22/h1-5,17-19H,6-16H2,(H,23,26). The lowest BCUT2D eigenvalue weighted by Gasteiger charge is -2.61. The molecule has 4 bridgehead atoms. The zero-order valence-electron chi connectivity index (χ0n) is 15.7. The van der Waals surface area contributed by atoms with Crippen molar-refractivity contribution in [2.24, 2.45) is 17.8 Å². The second-order valence-corrected chi connectivity index (χ2v) is 9.32. The first kappa shape index (κ1) is 16.8. The molecule has 1 aliphatic heterocycles. The van der Waals surface area contributed by atoms with Crippen LogP contribution in [0.5, 0.6) is 0 Å². The third kappa shape index (κ3) is 3.18. The van der Waals surface area contributed by atoms with Crippen LogP contribution in [-0.4, -0.2) is 54.0 Å². The Morgan fingerprint density at radius 1 is 0.923 bits per heavy atom. The van der Waals surface area contributed by atoms with E-state index < -0.39 is 0 Å². The summed E-state index contributed by atoms with van der Waals surface area (Å²) < 4.78 is 0. The van der Waals surface area contributed by atoms with Crippen molar-refractivity contribution in [3.8, 4) is 0 Å². The highest BCUT2D eigenvalue weighted by Crippen LogP contribution is 2.57. The van der Waals surface area contributed by atoms with Crippen LogP contribution >= 0.6 is 0 Å². The van der Waals surface area contributed by atoms with E-state index >= 15 is 0 Å². The van der Waals surface area contributed by atoms with Gasteiger partial charge in [0.2, 0.25) is 5.91 Å². The number of amides is 1. The van der Waals surface area contributed by atoms with E-state index in [1.54, 1.807) is 0 Å². The molecule has 4 saturated carbocycles. The van der Waals surface area contributed by atoms with Crippen LogP contribution in [0, 0.1) is 17.8 Å². The normalized spacial score (nSPS) is 37.0. The van der Waals surface area contributed by atoms with Crippen LogP contribution < -0.4 is 5.32 Å². The predicted molar refractivity (Wildman–Crippen MR) is 104 cm³/mol. The molecule has 1 N–H and O–H groups in total. The first-order valence-corrected chi connectivity index (χ1v) is 10.5. The van der Waals surface area contributed by atoms with Gasteiger partial charge in [0, 0.05) is 37.4 Å². The number of nitrogens with one attached hydrogen (secondary N) is 1. The lowest BCUT2D eigenvalue weighted by Crippen LogP contribution is -2.64. The van der Waals surface area contributed by atoms with Crippen LogP contribution in [0.25, 0.3) is 0 Å². The zero-order valence-corrected chi connectivity index (χ0v) is 15.7. The Bertz CT molecular complexity index is 615. The molecule has 4 nitrogen and oxygen atoms in total. The fourth-order valence-corrected chi connectivity index (χ4v) is 6.76. The zero-order chi connectivity index (χ0) is 17.6. The molecule has 0 radical (unpaired) electrons. The topological polar surface area (TPSA) is 35.6 Å². The third-order valence-corrected chi connectivity index (χ3v) is 7.47. The van der Waals surface area contributed by atoms with Gasteiger partial charge in [-0.3, -0.25) is 14.6 Å². The van der Waals surface area contributed by atoms with Crippen LogP contribution in [0.1, 0.15) is 38.5 Å². The van der Waals surface area contributed by atoms with Gasteiger partial charge in [-0.05, 0) is 68.4 Å². The maximum atomic E-state index is 12.3. The van der Waals surface area contributed by atoms with Gasteiger partial charge in [0.25, 0.3) is 0 Å². The molecule has 1 aromatic rings. The summed E-state index contributed by atoms with van der Waals surface area (Å²) in [4.78, 5) is 17.5. The van der Waals surface area contributed by atoms with E-state index in [-0.39, 0.29) is 5.91 Å². The number of carbonyl (C=O) groups is 1. The van der Waals surface area contributed by atoms with E-state index in [2.05, 4.69) is 15.1 Å². The first-order chi connectivity index (χ1) is 12.7. The molecule has 1 amide bonds. The molecule has 5 fully saturated rings. The average molecular weight is 354 g/mol. The van der Waals surface area contributed by atoms with Crippen LogP contribution in [0.3, 0.4) is 0 Å². The van der Waals surface area contributed by atoms with Gasteiger partial charge in [-0.15, -0.1) is 0 Å². The number of anilines is 1. The number of piperazine rings is 1. The minimum atomic E-state index is 0.111. The number of para-hydroxylation sites is 1. The van der Waals surface area contributed by atoms with Gasteiger partial charge in [0.15, 0.2) is 0 Å². The van der Waals surface area contributed by atoms with Gasteiger partial charge >= 0.3 is 0 Å². The summed E-state index contributed by atoms with van der Waals surface area (Å²) in [7, 11) is 0. The van der Waals surface area contributed by atoms with Crippen molar-refractivity contribution in [2.75, 3.05) is 38.0 Å². The van der Waals surface area contributed by atoms with Gasteiger partial charge < -0.3 is 5.32 Å². The number of benzene rings is 1. The fourth-order valence-electron chi connectivity index (χ4n) is 6.76. The average Bonchev–Trinajstić information content (AvgIpc) is 2.62. The second kappa shape index (κ2) is 6.65. The summed E-state index contributed by atoms with van der Waals surface area (Å²) in [6.07, 6.45) is 8.89. The number of carbonyl (C=O) groups excluding carboxylic acids is 1. The molecule has 0 unspecified atom stereocenters. The van der Waals surface area contributed by atoms with Crippen LogP contribution in [0.4, 0.5) is 5.69 Å². The van der Waals surface area contributed by atoms with Crippen LogP contribution in [0.15, 0.2) is 30.3 Å². The lowest BCUT2D eigenvalue weighted by molar-refractivity contribution is -0.120. The number of hydrogen-bond donors (Lipinski definition) is 1. The molecule has 26 heavy (non-hydrogen) atoms. The molecule has 0 spiro atoms. The Labute approximate surface area is 156 Å². The minimum Gasteiger partial charge on any atom is -0.325 e. The Balaban J connectivity index is 1.15. The summed E-state index contributed by atoms with van der Waals surface area (Å²) >= 11 is 0. The molecule has 5 aliphatic rings. The van der Waals surface area contributed by atoms with Crippen molar-refractivity contribution < 1.29 is 4.79 Å². The SMILES string of the molecule is O=C(CN1CCN(C23CC4CC(CC(C4)C2)C3)CC1)Nc1ccccc1. The van der Waals surface area contributed by atoms with Gasteiger partial charge in [-0.1, -0.05) is 18.2 Å². The highest BCUT2D eigenvalue weighted by Gasteiger charge is 2.53. The van der Waals surface area contributed by atoms with E-state index in [9.17, 15) is 4.79 Å². The number of hydrogen-bond acceptors (Lipinski definition) is 3. The molecule has 1 heterocycles. The molecular weight excluding hydrogens is 322 g/mol. The predicted octanol–water partition coefficient (Wildman–Crippen LogP) is 3.21. The van der Waals surface area contributed by atoms with E-state index in [0.717, 1.165) is 49.6 Å². The summed E-state index contributed by atoms with van der Waals surface area (Å²) in [6.45, 7) is 4.87. The van der Waals surface area contributed by atoms with Gasteiger partial charge in [0.1, 0.15) is 0 Å². The summed E-state index contributed by atoms with van der Waals surface area (Å²) in [5.41, 5.74) is 1.41. The first-order valence-electron chi connectivity index (χ1n) is 10.5. The van der Waals surface area contributed by atoms with Gasteiger partial charge in [-0.2, -0.15) is 0 Å². The molecular formula is C22H31N3O. The van der Waals surface area contributed by atoms with Crippen molar-refractivity contribution >= 4 is 11.6 Å². The molecule has 6 rings (SSSR count). The van der Waals surface area contributed by atoms with E-state index in [4.69, 9.17) is 0 Å². The van der Waals surface area contributed by atoms with Crippen molar-refractivity contribution in [1.29, 1.82) is 0 Å². The second-order valence-electron chi connectivity index (χ2n) is 9.32. The number of rotatable bonds is 4. The Morgan fingerprint density at radius 3 is 2.08 bits per heavy atom. The van der Waals surface area contributed by atoms with Crippen molar-refractivity contribution in [1.82, 2.24) is 9.80 Å². The number of nitrogens with zero attached hydrogens (tertiary/aromatic N) is 2. The molecule has 4 heteroatoms. The fraction of sp³-hybridized carbons (Fsp3) is 0.682. The maximum Gasteiger partial charge on any atom is 0.238 e. The largest absolute Gasteiger partial charge is 0.325 e. The van der Waals surface area contributed by atoms with E-state index in [1.165, 1.54) is 38.5 Å². The third-order valence-electron chi connectivity index (χ3n) is 7.47.